The molecule has 2 nitrogen and oxygen atoms in total. The smallest absolute Gasteiger partial charge is 0.335 e. The Morgan fingerprint density at radius 3 is 2.64 bits per heavy atom. The second-order valence-corrected chi connectivity index (χ2v) is 3.31. The molecular weight excluding hydrogens is 228 g/mol. The third-order valence-electron chi connectivity index (χ3n) is 1.19. The van der Waals surface area contributed by atoms with Crippen LogP contribution in [0.15, 0.2) is 27.6 Å². The van der Waals surface area contributed by atoms with Gasteiger partial charge >= 0.3 is 5.97 Å². The van der Waals surface area contributed by atoms with Gasteiger partial charge in [-0.15, -0.1) is 12.6 Å². The molecule has 1 aromatic carbocycles. The van der Waals surface area contributed by atoms with Gasteiger partial charge in [-0.3, -0.25) is 0 Å². The van der Waals surface area contributed by atoms with Gasteiger partial charge in [0.1, 0.15) is 0 Å². The van der Waals surface area contributed by atoms with Crippen molar-refractivity contribution in [2.24, 2.45) is 0 Å². The first kappa shape index (κ1) is 8.62. The number of carbonyl (C=O) groups is 1. The summed E-state index contributed by atoms with van der Waals surface area (Å²) in [6.07, 6.45) is 0. The van der Waals surface area contributed by atoms with E-state index in [2.05, 4.69) is 28.6 Å². The molecule has 0 amide bonds. The van der Waals surface area contributed by atoms with Crippen molar-refractivity contribution in [3.05, 3.63) is 28.2 Å². The number of carboxylic acids is 1. The normalized spacial score (nSPS) is 9.64. The van der Waals surface area contributed by atoms with E-state index in [1.807, 2.05) is 0 Å². The summed E-state index contributed by atoms with van der Waals surface area (Å²) in [6.45, 7) is 0. The summed E-state index contributed by atoms with van der Waals surface area (Å²) in [5.74, 6) is -0.931. The molecule has 58 valence electrons. The number of benzene rings is 1. The molecule has 0 saturated heterocycles. The van der Waals surface area contributed by atoms with Crippen LogP contribution in [0.25, 0.3) is 0 Å². The number of rotatable bonds is 1. The van der Waals surface area contributed by atoms with E-state index in [1.54, 1.807) is 6.07 Å². The maximum Gasteiger partial charge on any atom is 0.335 e. The van der Waals surface area contributed by atoms with Gasteiger partial charge in [-0.2, -0.15) is 0 Å². The monoisotopic (exact) mass is 232 g/mol. The van der Waals surface area contributed by atoms with Crippen molar-refractivity contribution < 1.29 is 9.90 Å². The highest BCUT2D eigenvalue weighted by atomic mass is 79.9. The van der Waals surface area contributed by atoms with E-state index >= 15 is 0 Å². The van der Waals surface area contributed by atoms with Gasteiger partial charge < -0.3 is 5.11 Å². The average Bonchev–Trinajstić information content (AvgIpc) is 1.94. The molecule has 0 fully saturated rings. The van der Waals surface area contributed by atoms with Crippen LogP contribution in [-0.4, -0.2) is 11.1 Å². The summed E-state index contributed by atoms with van der Waals surface area (Å²) < 4.78 is 0.695. The van der Waals surface area contributed by atoms with E-state index in [-0.39, 0.29) is 5.56 Å². The van der Waals surface area contributed by atoms with Gasteiger partial charge in [0.2, 0.25) is 0 Å². The highest BCUT2D eigenvalue weighted by molar-refractivity contribution is 9.10. The van der Waals surface area contributed by atoms with Gasteiger partial charge in [0.15, 0.2) is 0 Å². The Balaban J connectivity index is 3.15. The number of hydrogen-bond acceptors (Lipinski definition) is 2. The molecule has 0 aliphatic heterocycles. The standard InChI is InChI=1S/C7H5BrO2S/c8-5-3-4(7(9)10)1-2-6(5)11/h1-3,11H,(H,9,10). The number of halogens is 1. The molecule has 0 heterocycles. The number of aromatic carboxylic acids is 1. The van der Waals surface area contributed by atoms with E-state index in [4.69, 9.17) is 5.11 Å². The lowest BCUT2D eigenvalue weighted by Crippen LogP contribution is -1.95. The van der Waals surface area contributed by atoms with E-state index < -0.39 is 5.97 Å². The van der Waals surface area contributed by atoms with Gasteiger partial charge in [0, 0.05) is 9.37 Å². The van der Waals surface area contributed by atoms with E-state index in [1.165, 1.54) is 12.1 Å². The van der Waals surface area contributed by atoms with E-state index in [0.717, 1.165) is 4.90 Å². The Hall–Kier alpha value is -0.480. The van der Waals surface area contributed by atoms with Gasteiger partial charge in [-0.25, -0.2) is 4.79 Å². The molecule has 1 aromatic rings. The van der Waals surface area contributed by atoms with Crippen LogP contribution in [0.2, 0.25) is 0 Å². The first-order valence-electron chi connectivity index (χ1n) is 2.83. The van der Waals surface area contributed by atoms with Crippen molar-refractivity contribution >= 4 is 34.5 Å². The molecule has 0 aliphatic carbocycles. The Bertz CT molecular complexity index is 298. The Labute approximate surface area is 77.8 Å². The van der Waals surface area contributed by atoms with Crippen LogP contribution in [0.3, 0.4) is 0 Å². The summed E-state index contributed by atoms with van der Waals surface area (Å²) in [4.78, 5) is 11.2. The van der Waals surface area contributed by atoms with Crippen LogP contribution >= 0.6 is 28.6 Å². The van der Waals surface area contributed by atoms with E-state index in [0.29, 0.717) is 4.47 Å². The molecule has 1 rings (SSSR count). The maximum absolute atomic E-state index is 10.4. The van der Waals surface area contributed by atoms with Gasteiger partial charge in [0.25, 0.3) is 0 Å². The SMILES string of the molecule is O=C(O)c1ccc(S)c(Br)c1. The second-order valence-electron chi connectivity index (χ2n) is 1.97. The minimum absolute atomic E-state index is 0.259. The fraction of sp³-hybridized carbons (Fsp3) is 0. The molecule has 0 aliphatic rings. The zero-order valence-electron chi connectivity index (χ0n) is 5.41. The van der Waals surface area contributed by atoms with Crippen molar-refractivity contribution in [2.45, 2.75) is 4.90 Å². The summed E-state index contributed by atoms with van der Waals surface area (Å²) in [5, 5.41) is 8.55. The molecule has 0 saturated carbocycles. The van der Waals surface area contributed by atoms with Crippen LogP contribution in [0.4, 0.5) is 0 Å². The average molecular weight is 233 g/mol. The summed E-state index contributed by atoms with van der Waals surface area (Å²) in [5.41, 5.74) is 0.259. The number of carboxylic acid groups (broad SMARTS) is 1. The lowest BCUT2D eigenvalue weighted by atomic mass is 10.2. The number of hydrogen-bond donors (Lipinski definition) is 2. The van der Waals surface area contributed by atoms with Crippen LogP contribution < -0.4 is 0 Å². The molecule has 1 N–H and O–H groups in total. The zero-order chi connectivity index (χ0) is 8.43. The first-order valence-corrected chi connectivity index (χ1v) is 4.07. The minimum atomic E-state index is -0.931. The van der Waals surface area contributed by atoms with Crippen LogP contribution in [0.5, 0.6) is 0 Å². The lowest BCUT2D eigenvalue weighted by Gasteiger charge is -1.97. The zero-order valence-corrected chi connectivity index (χ0v) is 7.89. The second kappa shape index (κ2) is 3.28. The molecule has 4 heteroatoms. The molecule has 0 spiro atoms. The van der Waals surface area contributed by atoms with Crippen molar-refractivity contribution in [1.29, 1.82) is 0 Å². The van der Waals surface area contributed by atoms with Gasteiger partial charge in [-0.05, 0) is 34.1 Å². The van der Waals surface area contributed by atoms with Crippen molar-refractivity contribution in [2.75, 3.05) is 0 Å². The van der Waals surface area contributed by atoms with Crippen molar-refractivity contribution in [3.63, 3.8) is 0 Å². The fourth-order valence-corrected chi connectivity index (χ4v) is 1.16. The molecule has 11 heavy (non-hydrogen) atoms. The molecule has 0 aromatic heterocycles. The van der Waals surface area contributed by atoms with E-state index in [9.17, 15) is 4.79 Å². The van der Waals surface area contributed by atoms with Gasteiger partial charge in [-0.1, -0.05) is 0 Å². The fourth-order valence-electron chi connectivity index (χ4n) is 0.640. The third-order valence-corrected chi connectivity index (χ3v) is 2.55. The molecular formula is C7H5BrO2S. The third kappa shape index (κ3) is 1.97. The maximum atomic E-state index is 10.4. The molecule has 0 unspecified atom stereocenters. The van der Waals surface area contributed by atoms with Crippen molar-refractivity contribution in [3.8, 4) is 0 Å². The minimum Gasteiger partial charge on any atom is -0.478 e. The Morgan fingerprint density at radius 2 is 2.18 bits per heavy atom. The highest BCUT2D eigenvalue weighted by Crippen LogP contribution is 2.21. The van der Waals surface area contributed by atoms with Crippen molar-refractivity contribution in [1.82, 2.24) is 0 Å². The highest BCUT2D eigenvalue weighted by Gasteiger charge is 2.03. The lowest BCUT2D eigenvalue weighted by molar-refractivity contribution is 0.0696. The number of thiol groups is 1. The summed E-state index contributed by atoms with van der Waals surface area (Å²) in [7, 11) is 0. The van der Waals surface area contributed by atoms with Crippen LogP contribution in [0.1, 0.15) is 10.4 Å². The first-order chi connectivity index (χ1) is 5.11. The van der Waals surface area contributed by atoms with Crippen LogP contribution in [-0.2, 0) is 0 Å². The molecule has 0 bridgehead atoms. The summed E-state index contributed by atoms with van der Waals surface area (Å²) in [6, 6.07) is 4.66. The predicted molar refractivity (Wildman–Crippen MR) is 48.4 cm³/mol. The molecule has 0 radical (unpaired) electrons. The quantitative estimate of drug-likeness (QED) is 0.731. The largest absolute Gasteiger partial charge is 0.478 e. The van der Waals surface area contributed by atoms with Gasteiger partial charge in [0.05, 0.1) is 5.56 Å². The molecule has 0 atom stereocenters. The predicted octanol–water partition coefficient (Wildman–Crippen LogP) is 2.44. The van der Waals surface area contributed by atoms with Crippen LogP contribution in [0, 0.1) is 0 Å². The Kier molecular flexibility index (Phi) is 2.57. The Morgan fingerprint density at radius 1 is 1.55 bits per heavy atom. The topological polar surface area (TPSA) is 37.3 Å². The summed E-state index contributed by atoms with van der Waals surface area (Å²) >= 11 is 7.25.